The lowest BCUT2D eigenvalue weighted by Gasteiger charge is -2.01. The fourth-order valence-electron chi connectivity index (χ4n) is 1.47. The van der Waals surface area contributed by atoms with Crippen molar-refractivity contribution in [3.63, 3.8) is 0 Å². The average molecular weight is 177 g/mol. The van der Waals surface area contributed by atoms with Crippen LogP contribution in [0.4, 0.5) is 0 Å². The molecule has 2 rings (SSSR count). The molecule has 0 N–H and O–H groups in total. The van der Waals surface area contributed by atoms with Crippen molar-refractivity contribution >= 4 is 11.0 Å². The van der Waals surface area contributed by atoms with Gasteiger partial charge in [-0.1, -0.05) is 11.2 Å². The number of ether oxygens (including phenoxy) is 1. The van der Waals surface area contributed by atoms with E-state index in [-0.39, 0.29) is 0 Å². The molecule has 0 bridgehead atoms. The van der Waals surface area contributed by atoms with Gasteiger partial charge in [-0.15, -0.1) is 0 Å². The predicted octanol–water partition coefficient (Wildman–Crippen LogP) is 2.28. The van der Waals surface area contributed by atoms with Crippen molar-refractivity contribution in [2.75, 3.05) is 7.11 Å². The second kappa shape index (κ2) is 3.18. The van der Waals surface area contributed by atoms with E-state index in [4.69, 9.17) is 9.26 Å². The Morgan fingerprint density at radius 2 is 2.31 bits per heavy atom. The molecular weight excluding hydrogens is 166 g/mol. The molecule has 0 aliphatic heterocycles. The number of methoxy groups -OCH3 is 1. The zero-order valence-corrected chi connectivity index (χ0v) is 7.70. The summed E-state index contributed by atoms with van der Waals surface area (Å²) in [5.74, 6) is 0. The Bertz CT molecular complexity index is 420. The van der Waals surface area contributed by atoms with E-state index in [9.17, 15) is 0 Å². The van der Waals surface area contributed by atoms with Crippen LogP contribution in [0.25, 0.3) is 11.0 Å². The first-order valence-electron chi connectivity index (χ1n) is 4.14. The van der Waals surface area contributed by atoms with Crippen LogP contribution < -0.4 is 0 Å². The second-order valence-electron chi connectivity index (χ2n) is 3.09. The minimum Gasteiger partial charge on any atom is -0.380 e. The molecule has 0 atom stereocenters. The Kier molecular flexibility index (Phi) is 2.02. The lowest BCUT2D eigenvalue weighted by molar-refractivity contribution is 0.186. The standard InChI is InChI=1S/C10H11NO2/c1-7-3-8(6-12-2)9-5-11-13-10(9)4-7/h3-5H,6H2,1-2H3. The van der Waals surface area contributed by atoms with Crippen molar-refractivity contribution in [2.45, 2.75) is 13.5 Å². The lowest BCUT2D eigenvalue weighted by atomic mass is 10.1. The Labute approximate surface area is 76.3 Å². The van der Waals surface area contributed by atoms with E-state index in [0.29, 0.717) is 6.61 Å². The molecule has 3 heteroatoms. The van der Waals surface area contributed by atoms with E-state index in [1.165, 1.54) is 0 Å². The fraction of sp³-hybridized carbons (Fsp3) is 0.300. The molecule has 2 aromatic rings. The molecule has 3 nitrogen and oxygen atoms in total. The molecule has 0 fully saturated rings. The summed E-state index contributed by atoms with van der Waals surface area (Å²) in [6.45, 7) is 2.63. The Hall–Kier alpha value is -1.35. The second-order valence-corrected chi connectivity index (χ2v) is 3.09. The fourth-order valence-corrected chi connectivity index (χ4v) is 1.47. The minimum atomic E-state index is 0.597. The van der Waals surface area contributed by atoms with Gasteiger partial charge in [0.25, 0.3) is 0 Å². The van der Waals surface area contributed by atoms with Crippen LogP contribution in [0.3, 0.4) is 0 Å². The highest BCUT2D eigenvalue weighted by molar-refractivity contribution is 5.80. The van der Waals surface area contributed by atoms with Gasteiger partial charge >= 0.3 is 0 Å². The molecule has 0 aliphatic rings. The maximum absolute atomic E-state index is 5.09. The number of aryl methyl sites for hydroxylation is 1. The van der Waals surface area contributed by atoms with Crippen LogP contribution in [0.2, 0.25) is 0 Å². The molecule has 0 radical (unpaired) electrons. The summed E-state index contributed by atoms with van der Waals surface area (Å²) in [4.78, 5) is 0. The lowest BCUT2D eigenvalue weighted by Crippen LogP contribution is -1.88. The van der Waals surface area contributed by atoms with Gasteiger partial charge < -0.3 is 9.26 Å². The Morgan fingerprint density at radius 1 is 1.46 bits per heavy atom. The first kappa shape index (κ1) is 8.26. The molecule has 68 valence electrons. The number of nitrogens with zero attached hydrogens (tertiary/aromatic N) is 1. The molecule has 1 aromatic carbocycles. The third kappa shape index (κ3) is 1.42. The number of hydrogen-bond acceptors (Lipinski definition) is 3. The van der Waals surface area contributed by atoms with Crippen LogP contribution in [-0.2, 0) is 11.3 Å². The van der Waals surface area contributed by atoms with Gasteiger partial charge in [-0.05, 0) is 24.1 Å². The monoisotopic (exact) mass is 177 g/mol. The summed E-state index contributed by atoms with van der Waals surface area (Å²) in [7, 11) is 1.68. The SMILES string of the molecule is COCc1cc(C)cc2oncc12. The van der Waals surface area contributed by atoms with Crippen molar-refractivity contribution in [1.29, 1.82) is 0 Å². The van der Waals surface area contributed by atoms with E-state index in [1.54, 1.807) is 13.3 Å². The number of fused-ring (bicyclic) bond motifs is 1. The average Bonchev–Trinajstić information content (AvgIpc) is 2.52. The van der Waals surface area contributed by atoms with Crippen molar-refractivity contribution < 1.29 is 9.26 Å². The van der Waals surface area contributed by atoms with Crippen molar-refractivity contribution in [2.24, 2.45) is 0 Å². The van der Waals surface area contributed by atoms with Crippen molar-refractivity contribution in [3.05, 3.63) is 29.5 Å². The largest absolute Gasteiger partial charge is 0.380 e. The summed E-state index contributed by atoms with van der Waals surface area (Å²) in [6.07, 6.45) is 1.73. The molecular formula is C10H11NO2. The van der Waals surface area contributed by atoms with E-state index in [2.05, 4.69) is 11.2 Å². The third-order valence-corrected chi connectivity index (χ3v) is 2.00. The van der Waals surface area contributed by atoms with Gasteiger partial charge in [0, 0.05) is 12.5 Å². The molecule has 1 heterocycles. The zero-order chi connectivity index (χ0) is 9.26. The van der Waals surface area contributed by atoms with Crippen LogP contribution >= 0.6 is 0 Å². The molecule has 1 aromatic heterocycles. The highest BCUT2D eigenvalue weighted by Gasteiger charge is 2.05. The van der Waals surface area contributed by atoms with Gasteiger partial charge in [0.2, 0.25) is 0 Å². The number of benzene rings is 1. The van der Waals surface area contributed by atoms with Gasteiger partial charge in [-0.3, -0.25) is 0 Å². The first-order valence-corrected chi connectivity index (χ1v) is 4.14. The zero-order valence-electron chi connectivity index (χ0n) is 7.70. The highest BCUT2D eigenvalue weighted by Crippen LogP contribution is 2.20. The molecule has 0 amide bonds. The van der Waals surface area contributed by atoms with Crippen LogP contribution in [0.1, 0.15) is 11.1 Å². The number of rotatable bonds is 2. The van der Waals surface area contributed by atoms with Crippen LogP contribution in [0.15, 0.2) is 22.9 Å². The predicted molar refractivity (Wildman–Crippen MR) is 49.5 cm³/mol. The van der Waals surface area contributed by atoms with Gasteiger partial charge in [-0.2, -0.15) is 0 Å². The van der Waals surface area contributed by atoms with E-state index in [0.717, 1.165) is 22.1 Å². The van der Waals surface area contributed by atoms with Crippen LogP contribution in [-0.4, -0.2) is 12.3 Å². The Balaban J connectivity index is 2.63. The maximum atomic E-state index is 5.09. The van der Waals surface area contributed by atoms with Gasteiger partial charge in [-0.25, -0.2) is 0 Å². The smallest absolute Gasteiger partial charge is 0.167 e. The normalized spacial score (nSPS) is 10.9. The van der Waals surface area contributed by atoms with Gasteiger partial charge in [0.1, 0.15) is 0 Å². The number of aromatic nitrogens is 1. The van der Waals surface area contributed by atoms with Gasteiger partial charge in [0.05, 0.1) is 12.8 Å². The van der Waals surface area contributed by atoms with Crippen LogP contribution in [0, 0.1) is 6.92 Å². The van der Waals surface area contributed by atoms with E-state index < -0.39 is 0 Å². The molecule has 0 spiro atoms. The summed E-state index contributed by atoms with van der Waals surface area (Å²) in [6, 6.07) is 4.06. The highest BCUT2D eigenvalue weighted by atomic mass is 16.5. The molecule has 0 saturated carbocycles. The number of hydrogen-bond donors (Lipinski definition) is 0. The summed E-state index contributed by atoms with van der Waals surface area (Å²) in [5.41, 5.74) is 3.11. The third-order valence-electron chi connectivity index (χ3n) is 2.00. The van der Waals surface area contributed by atoms with E-state index in [1.807, 2.05) is 13.0 Å². The minimum absolute atomic E-state index is 0.597. The Morgan fingerprint density at radius 3 is 3.08 bits per heavy atom. The maximum Gasteiger partial charge on any atom is 0.167 e. The van der Waals surface area contributed by atoms with Crippen molar-refractivity contribution in [3.8, 4) is 0 Å². The molecule has 0 aliphatic carbocycles. The van der Waals surface area contributed by atoms with Crippen molar-refractivity contribution in [1.82, 2.24) is 5.16 Å². The van der Waals surface area contributed by atoms with Crippen LogP contribution in [0.5, 0.6) is 0 Å². The molecule has 0 unspecified atom stereocenters. The topological polar surface area (TPSA) is 35.3 Å². The summed E-state index contributed by atoms with van der Waals surface area (Å²) < 4.78 is 10.2. The quantitative estimate of drug-likeness (QED) is 0.705. The first-order chi connectivity index (χ1) is 6.31. The van der Waals surface area contributed by atoms with E-state index >= 15 is 0 Å². The molecule has 13 heavy (non-hydrogen) atoms. The summed E-state index contributed by atoms with van der Waals surface area (Å²) >= 11 is 0. The summed E-state index contributed by atoms with van der Waals surface area (Å²) in [5, 5.41) is 4.79. The molecule has 0 saturated heterocycles. The van der Waals surface area contributed by atoms with Gasteiger partial charge in [0.15, 0.2) is 5.58 Å².